The third-order valence-corrected chi connectivity index (χ3v) is 1.85. The molecular weight excluding hydrogens is 160 g/mol. The Morgan fingerprint density at radius 1 is 1.64 bits per heavy atom. The highest BCUT2D eigenvalue weighted by atomic mass is 35.5. The van der Waals surface area contributed by atoms with E-state index < -0.39 is 0 Å². The summed E-state index contributed by atoms with van der Waals surface area (Å²) in [6.07, 6.45) is 3.25. The Kier molecular flexibility index (Phi) is 2.45. The zero-order valence-corrected chi connectivity index (χ0v) is 6.89. The summed E-state index contributed by atoms with van der Waals surface area (Å²) >= 11 is 5.62. The number of aromatic nitrogens is 1. The van der Waals surface area contributed by atoms with Crippen molar-refractivity contribution in [3.63, 3.8) is 0 Å². The van der Waals surface area contributed by atoms with Crippen molar-refractivity contribution in [2.45, 2.75) is 12.8 Å². The van der Waals surface area contributed by atoms with Gasteiger partial charge in [-0.25, -0.2) is 4.85 Å². The van der Waals surface area contributed by atoms with Crippen LogP contribution in [0.25, 0.3) is 4.85 Å². The zero-order chi connectivity index (χ0) is 8.27. The molecule has 1 heterocycles. The maximum atomic E-state index is 6.80. The van der Waals surface area contributed by atoms with E-state index in [0.717, 1.165) is 11.1 Å². The fourth-order valence-electron chi connectivity index (χ4n) is 0.803. The Bertz CT molecular complexity index is 301. The molecule has 1 rings (SSSR count). The Balaban J connectivity index is 3.23. The van der Waals surface area contributed by atoms with E-state index in [4.69, 9.17) is 18.2 Å². The van der Waals surface area contributed by atoms with Crippen LogP contribution in [0.2, 0.25) is 0 Å². The maximum absolute atomic E-state index is 6.80. The molecule has 0 fully saturated rings. The first-order valence-corrected chi connectivity index (χ1v) is 3.70. The van der Waals surface area contributed by atoms with Crippen LogP contribution >= 0.6 is 11.6 Å². The van der Waals surface area contributed by atoms with Crippen LogP contribution in [0.15, 0.2) is 12.4 Å². The predicted molar refractivity (Wildman–Crippen MR) is 44.8 cm³/mol. The summed E-state index contributed by atoms with van der Waals surface area (Å²) in [4.78, 5) is 7.20. The normalized spacial score (nSPS) is 9.18. The van der Waals surface area contributed by atoms with E-state index in [0.29, 0.717) is 11.6 Å². The molecule has 2 nitrogen and oxygen atoms in total. The zero-order valence-electron chi connectivity index (χ0n) is 6.13. The molecule has 3 heteroatoms. The molecule has 0 aromatic carbocycles. The van der Waals surface area contributed by atoms with Crippen molar-refractivity contribution in [2.75, 3.05) is 0 Å². The molecule has 0 unspecified atom stereocenters. The first-order chi connectivity index (χ1) is 5.29. The second kappa shape index (κ2) is 3.36. The van der Waals surface area contributed by atoms with Gasteiger partial charge in [-0.05, 0) is 18.1 Å². The molecule has 11 heavy (non-hydrogen) atoms. The van der Waals surface area contributed by atoms with Gasteiger partial charge in [-0.2, -0.15) is 0 Å². The smallest absolute Gasteiger partial charge is 0.208 e. The van der Waals surface area contributed by atoms with Crippen LogP contribution in [-0.4, -0.2) is 4.98 Å². The van der Waals surface area contributed by atoms with Gasteiger partial charge in [0.2, 0.25) is 5.69 Å². The first-order valence-electron chi connectivity index (χ1n) is 3.16. The van der Waals surface area contributed by atoms with Crippen LogP contribution in [0.3, 0.4) is 0 Å². The molecule has 56 valence electrons. The summed E-state index contributed by atoms with van der Waals surface area (Å²) in [5.41, 5.74) is 2.45. The van der Waals surface area contributed by atoms with Crippen molar-refractivity contribution in [3.8, 4) is 0 Å². The van der Waals surface area contributed by atoms with Crippen LogP contribution in [0.5, 0.6) is 0 Å². The SMILES string of the molecule is [C-]#[N+]c1cncc(CCl)c1C. The number of hydrogen-bond donors (Lipinski definition) is 0. The second-order valence-corrected chi connectivity index (χ2v) is 2.46. The van der Waals surface area contributed by atoms with E-state index in [-0.39, 0.29) is 0 Å². The van der Waals surface area contributed by atoms with Gasteiger partial charge in [0.1, 0.15) is 0 Å². The molecule has 0 saturated heterocycles. The number of halogens is 1. The minimum atomic E-state index is 0.419. The molecule has 0 spiro atoms. The summed E-state index contributed by atoms with van der Waals surface area (Å²) in [6, 6.07) is 0. The van der Waals surface area contributed by atoms with Crippen LogP contribution in [0.4, 0.5) is 5.69 Å². The van der Waals surface area contributed by atoms with E-state index in [1.807, 2.05) is 6.92 Å². The first kappa shape index (κ1) is 8.03. The highest BCUT2D eigenvalue weighted by Gasteiger charge is 2.01. The highest BCUT2D eigenvalue weighted by Crippen LogP contribution is 2.20. The Hall–Kier alpha value is -1.07. The Morgan fingerprint density at radius 3 is 2.91 bits per heavy atom. The number of nitrogens with zero attached hydrogens (tertiary/aromatic N) is 2. The van der Waals surface area contributed by atoms with Gasteiger partial charge in [0, 0.05) is 18.3 Å². The molecule has 0 radical (unpaired) electrons. The summed E-state index contributed by atoms with van der Waals surface area (Å²) < 4.78 is 0. The minimum absolute atomic E-state index is 0.419. The third kappa shape index (κ3) is 1.50. The predicted octanol–water partition coefficient (Wildman–Crippen LogP) is 2.68. The highest BCUT2D eigenvalue weighted by molar-refractivity contribution is 6.17. The monoisotopic (exact) mass is 166 g/mol. The summed E-state index contributed by atoms with van der Waals surface area (Å²) in [5.74, 6) is 0.419. The average Bonchev–Trinajstić information content (AvgIpc) is 2.05. The van der Waals surface area contributed by atoms with Crippen molar-refractivity contribution >= 4 is 17.3 Å². The van der Waals surface area contributed by atoms with Gasteiger partial charge in [-0.3, -0.25) is 4.98 Å². The maximum Gasteiger partial charge on any atom is 0.208 e. The van der Waals surface area contributed by atoms with Crippen molar-refractivity contribution in [1.29, 1.82) is 0 Å². The lowest BCUT2D eigenvalue weighted by atomic mass is 10.1. The van der Waals surface area contributed by atoms with E-state index in [9.17, 15) is 0 Å². The molecule has 1 aromatic heterocycles. The van der Waals surface area contributed by atoms with E-state index in [2.05, 4.69) is 9.83 Å². The molecular formula is C8H7ClN2. The molecule has 0 aliphatic carbocycles. The molecule has 0 aliphatic rings. The largest absolute Gasteiger partial charge is 0.276 e. The summed E-state index contributed by atoms with van der Waals surface area (Å²) in [5, 5.41) is 0. The van der Waals surface area contributed by atoms with Gasteiger partial charge in [-0.15, -0.1) is 11.6 Å². The number of pyridine rings is 1. The van der Waals surface area contributed by atoms with Gasteiger partial charge in [0.25, 0.3) is 0 Å². The standard InChI is InChI=1S/C8H7ClN2/c1-6-7(3-9)4-11-5-8(6)10-2/h4-5H,3H2,1H3. The van der Waals surface area contributed by atoms with Crippen molar-refractivity contribution in [2.24, 2.45) is 0 Å². The van der Waals surface area contributed by atoms with Gasteiger partial charge in [0.05, 0.1) is 6.57 Å². The molecule has 0 atom stereocenters. The van der Waals surface area contributed by atoms with Gasteiger partial charge in [-0.1, -0.05) is 0 Å². The molecule has 0 amide bonds. The molecule has 0 saturated carbocycles. The Labute approximate surface area is 70.7 Å². The third-order valence-electron chi connectivity index (χ3n) is 1.56. The molecule has 1 aromatic rings. The molecule has 0 aliphatic heterocycles. The van der Waals surface area contributed by atoms with Crippen LogP contribution in [-0.2, 0) is 5.88 Å². The number of hydrogen-bond acceptors (Lipinski definition) is 1. The lowest BCUT2D eigenvalue weighted by Crippen LogP contribution is -1.85. The average molecular weight is 167 g/mol. The fraction of sp³-hybridized carbons (Fsp3) is 0.250. The van der Waals surface area contributed by atoms with Crippen molar-refractivity contribution in [3.05, 3.63) is 34.9 Å². The lowest BCUT2D eigenvalue weighted by molar-refractivity contribution is 1.21. The van der Waals surface area contributed by atoms with Crippen molar-refractivity contribution in [1.82, 2.24) is 4.98 Å². The molecule has 0 N–H and O–H groups in total. The van der Waals surface area contributed by atoms with Crippen molar-refractivity contribution < 1.29 is 0 Å². The molecule has 0 bridgehead atoms. The van der Waals surface area contributed by atoms with Crippen LogP contribution in [0, 0.1) is 13.5 Å². The second-order valence-electron chi connectivity index (χ2n) is 2.19. The Morgan fingerprint density at radius 2 is 2.36 bits per heavy atom. The summed E-state index contributed by atoms with van der Waals surface area (Å²) in [6.45, 7) is 8.68. The van der Waals surface area contributed by atoms with Crippen LogP contribution in [0.1, 0.15) is 11.1 Å². The topological polar surface area (TPSA) is 17.2 Å². The minimum Gasteiger partial charge on any atom is -0.276 e. The quantitative estimate of drug-likeness (QED) is 0.463. The summed E-state index contributed by atoms with van der Waals surface area (Å²) in [7, 11) is 0. The van der Waals surface area contributed by atoms with E-state index in [1.165, 1.54) is 0 Å². The lowest BCUT2D eigenvalue weighted by Gasteiger charge is -2.00. The fourth-order valence-corrected chi connectivity index (χ4v) is 1.07. The van der Waals surface area contributed by atoms with Gasteiger partial charge in [0.15, 0.2) is 0 Å². The van der Waals surface area contributed by atoms with Gasteiger partial charge < -0.3 is 0 Å². The van der Waals surface area contributed by atoms with E-state index >= 15 is 0 Å². The van der Waals surface area contributed by atoms with E-state index in [1.54, 1.807) is 12.4 Å². The van der Waals surface area contributed by atoms with Crippen LogP contribution < -0.4 is 0 Å². The number of alkyl halides is 1. The van der Waals surface area contributed by atoms with Gasteiger partial charge >= 0.3 is 0 Å². The number of rotatable bonds is 1.